The molecule has 0 spiro atoms. The zero-order chi connectivity index (χ0) is 17.5. The van der Waals surface area contributed by atoms with E-state index in [1.165, 1.54) is 29.5 Å². The summed E-state index contributed by atoms with van der Waals surface area (Å²) in [7, 11) is 0. The molecule has 128 valence electrons. The van der Waals surface area contributed by atoms with Gasteiger partial charge in [0.1, 0.15) is 0 Å². The lowest BCUT2D eigenvalue weighted by atomic mass is 9.98. The average molecular weight is 341 g/mol. The second kappa shape index (κ2) is 8.84. The summed E-state index contributed by atoms with van der Waals surface area (Å²) < 4.78 is 0. The van der Waals surface area contributed by atoms with Crippen LogP contribution in [0.4, 0.5) is 11.4 Å². The molecule has 2 aromatic rings. The van der Waals surface area contributed by atoms with Gasteiger partial charge in [-0.1, -0.05) is 57.5 Å². The summed E-state index contributed by atoms with van der Waals surface area (Å²) in [5.74, 6) is 0.452. The first-order valence-corrected chi connectivity index (χ1v) is 9.18. The Morgan fingerprint density at radius 1 is 1.04 bits per heavy atom. The van der Waals surface area contributed by atoms with Gasteiger partial charge in [0.15, 0.2) is 5.11 Å². The molecule has 2 rings (SSSR count). The largest absolute Gasteiger partial charge is 0.332 e. The van der Waals surface area contributed by atoms with Gasteiger partial charge < -0.3 is 10.6 Å². The molecule has 0 unspecified atom stereocenters. The minimum Gasteiger partial charge on any atom is -0.332 e. The number of anilines is 2. The molecule has 0 heterocycles. The van der Waals surface area contributed by atoms with Gasteiger partial charge in [-0.25, -0.2) is 0 Å². The predicted molar refractivity (Wildman–Crippen MR) is 110 cm³/mol. The zero-order valence-corrected chi connectivity index (χ0v) is 16.0. The van der Waals surface area contributed by atoms with E-state index in [1.807, 2.05) is 0 Å². The monoisotopic (exact) mass is 340 g/mol. The van der Waals surface area contributed by atoms with Gasteiger partial charge in [-0.3, -0.25) is 0 Å². The molecule has 24 heavy (non-hydrogen) atoms. The van der Waals surface area contributed by atoms with Crippen molar-refractivity contribution in [3.63, 3.8) is 0 Å². The molecule has 2 N–H and O–H groups in total. The van der Waals surface area contributed by atoms with E-state index < -0.39 is 0 Å². The van der Waals surface area contributed by atoms with E-state index in [4.69, 9.17) is 12.2 Å². The summed E-state index contributed by atoms with van der Waals surface area (Å²) in [6.07, 6.45) is 3.60. The van der Waals surface area contributed by atoms with Crippen molar-refractivity contribution in [1.29, 1.82) is 0 Å². The minimum atomic E-state index is 0.452. The van der Waals surface area contributed by atoms with Gasteiger partial charge in [0.25, 0.3) is 0 Å². The fourth-order valence-corrected chi connectivity index (χ4v) is 2.97. The number of unbranched alkanes of at least 4 members (excludes halogenated alkanes) is 1. The molecular weight excluding hydrogens is 312 g/mol. The Morgan fingerprint density at radius 2 is 1.75 bits per heavy atom. The van der Waals surface area contributed by atoms with E-state index in [0.717, 1.165) is 17.8 Å². The van der Waals surface area contributed by atoms with Crippen molar-refractivity contribution in [2.24, 2.45) is 0 Å². The summed E-state index contributed by atoms with van der Waals surface area (Å²) in [5, 5.41) is 7.30. The average Bonchev–Trinajstić information content (AvgIpc) is 2.56. The van der Waals surface area contributed by atoms with Crippen LogP contribution in [0.1, 0.15) is 56.2 Å². The molecule has 2 nitrogen and oxygen atoms in total. The van der Waals surface area contributed by atoms with E-state index in [2.05, 4.69) is 80.8 Å². The van der Waals surface area contributed by atoms with Gasteiger partial charge >= 0.3 is 0 Å². The summed E-state index contributed by atoms with van der Waals surface area (Å²) in [6.45, 7) is 8.73. The van der Waals surface area contributed by atoms with Crippen LogP contribution in [-0.4, -0.2) is 5.11 Å². The highest BCUT2D eigenvalue weighted by Gasteiger charge is 2.10. The molecule has 0 saturated carbocycles. The molecular formula is C21H28N2S. The fourth-order valence-electron chi connectivity index (χ4n) is 2.75. The number of thiocarbonyl (C=S) groups is 1. The number of aryl methyl sites for hydroxylation is 2. The van der Waals surface area contributed by atoms with Crippen LogP contribution >= 0.6 is 12.2 Å². The fraction of sp³-hybridized carbons (Fsp3) is 0.381. The first-order valence-electron chi connectivity index (χ1n) is 8.77. The van der Waals surface area contributed by atoms with Gasteiger partial charge in [0.05, 0.1) is 0 Å². The molecule has 0 bridgehead atoms. The lowest BCUT2D eigenvalue weighted by Crippen LogP contribution is -2.20. The Bertz CT molecular complexity index is 675. The molecule has 0 aromatic heterocycles. The van der Waals surface area contributed by atoms with Gasteiger partial charge in [0.2, 0.25) is 0 Å². The third-order valence-corrected chi connectivity index (χ3v) is 4.40. The highest BCUT2D eigenvalue weighted by molar-refractivity contribution is 7.80. The lowest BCUT2D eigenvalue weighted by molar-refractivity contribution is 0.795. The number of para-hydroxylation sites is 1. The smallest absolute Gasteiger partial charge is 0.175 e. The van der Waals surface area contributed by atoms with Crippen molar-refractivity contribution < 1.29 is 0 Å². The first kappa shape index (κ1) is 18.5. The molecule has 3 heteroatoms. The van der Waals surface area contributed by atoms with Crippen LogP contribution in [0.2, 0.25) is 0 Å². The lowest BCUT2D eigenvalue weighted by Gasteiger charge is -2.18. The molecule has 0 aliphatic heterocycles. The van der Waals surface area contributed by atoms with Crippen LogP contribution in [0.15, 0.2) is 42.5 Å². The summed E-state index contributed by atoms with van der Waals surface area (Å²) >= 11 is 5.50. The van der Waals surface area contributed by atoms with Gasteiger partial charge in [-0.2, -0.15) is 0 Å². The van der Waals surface area contributed by atoms with Crippen LogP contribution in [0.5, 0.6) is 0 Å². The SMILES string of the molecule is CCCCc1ccc(NC(=S)Nc2c(C)cccc2C(C)C)cc1. The van der Waals surface area contributed by atoms with Crippen molar-refractivity contribution in [2.45, 2.75) is 52.9 Å². The second-order valence-electron chi connectivity index (χ2n) is 6.57. The van der Waals surface area contributed by atoms with Crippen molar-refractivity contribution in [2.75, 3.05) is 10.6 Å². The van der Waals surface area contributed by atoms with Crippen LogP contribution in [0, 0.1) is 6.92 Å². The Balaban J connectivity index is 2.04. The molecule has 0 saturated heterocycles. The number of nitrogens with one attached hydrogen (secondary N) is 2. The molecule has 0 aliphatic rings. The maximum atomic E-state index is 5.50. The van der Waals surface area contributed by atoms with Gasteiger partial charge in [-0.05, 0) is 66.7 Å². The molecule has 0 amide bonds. The normalized spacial score (nSPS) is 10.7. The minimum absolute atomic E-state index is 0.452. The van der Waals surface area contributed by atoms with Crippen LogP contribution in [0.25, 0.3) is 0 Å². The maximum absolute atomic E-state index is 5.50. The third-order valence-electron chi connectivity index (χ3n) is 4.20. The van der Waals surface area contributed by atoms with Gasteiger partial charge in [-0.15, -0.1) is 0 Å². The topological polar surface area (TPSA) is 24.1 Å². The van der Waals surface area contributed by atoms with Crippen LogP contribution in [0.3, 0.4) is 0 Å². The number of rotatable bonds is 6. The van der Waals surface area contributed by atoms with Crippen LogP contribution in [-0.2, 0) is 6.42 Å². The summed E-state index contributed by atoms with van der Waals surface area (Å²) in [4.78, 5) is 0. The molecule has 0 fully saturated rings. The van der Waals surface area contributed by atoms with Crippen molar-refractivity contribution in [3.05, 3.63) is 59.2 Å². The van der Waals surface area contributed by atoms with E-state index in [1.54, 1.807) is 0 Å². The summed E-state index contributed by atoms with van der Waals surface area (Å²) in [5.41, 5.74) is 6.01. The quantitative estimate of drug-likeness (QED) is 0.606. The van der Waals surface area contributed by atoms with Crippen molar-refractivity contribution in [1.82, 2.24) is 0 Å². The number of hydrogen-bond donors (Lipinski definition) is 2. The van der Waals surface area contributed by atoms with E-state index in [-0.39, 0.29) is 0 Å². The Morgan fingerprint density at radius 3 is 2.38 bits per heavy atom. The van der Waals surface area contributed by atoms with Crippen LogP contribution < -0.4 is 10.6 Å². The molecule has 2 aromatic carbocycles. The third kappa shape index (κ3) is 5.07. The number of benzene rings is 2. The van der Waals surface area contributed by atoms with E-state index >= 15 is 0 Å². The first-order chi connectivity index (χ1) is 11.5. The van der Waals surface area contributed by atoms with E-state index in [0.29, 0.717) is 11.0 Å². The predicted octanol–water partition coefficient (Wildman–Crippen LogP) is 6.27. The molecule has 0 radical (unpaired) electrons. The highest BCUT2D eigenvalue weighted by atomic mass is 32.1. The van der Waals surface area contributed by atoms with Crippen molar-refractivity contribution >= 4 is 28.7 Å². The standard InChI is InChI=1S/C21H28N2S/c1-5-6-9-17-11-13-18(14-12-17)22-21(24)23-20-16(4)8-7-10-19(20)15(2)3/h7-8,10-15H,5-6,9H2,1-4H3,(H2,22,23,24). The Kier molecular flexibility index (Phi) is 6.80. The summed E-state index contributed by atoms with van der Waals surface area (Å²) in [6, 6.07) is 14.9. The molecule has 0 aliphatic carbocycles. The zero-order valence-electron chi connectivity index (χ0n) is 15.1. The Labute approximate surface area is 151 Å². The molecule has 0 atom stereocenters. The number of hydrogen-bond acceptors (Lipinski definition) is 1. The van der Waals surface area contributed by atoms with E-state index in [9.17, 15) is 0 Å². The highest BCUT2D eigenvalue weighted by Crippen LogP contribution is 2.27. The van der Waals surface area contributed by atoms with Crippen molar-refractivity contribution in [3.8, 4) is 0 Å². The second-order valence-corrected chi connectivity index (χ2v) is 6.98. The Hall–Kier alpha value is -1.87. The maximum Gasteiger partial charge on any atom is 0.175 e. The van der Waals surface area contributed by atoms with Gasteiger partial charge in [0, 0.05) is 11.4 Å².